The van der Waals surface area contributed by atoms with E-state index in [2.05, 4.69) is 0 Å². The van der Waals surface area contributed by atoms with Crippen LogP contribution in [0.2, 0.25) is 5.02 Å². The molecule has 0 saturated carbocycles. The van der Waals surface area contributed by atoms with E-state index in [1.54, 1.807) is 0 Å². The second-order valence-corrected chi connectivity index (χ2v) is 7.78. The first-order valence-electron chi connectivity index (χ1n) is 10.0. The van der Waals surface area contributed by atoms with Crippen LogP contribution in [0.25, 0.3) is 11.0 Å². The molecule has 0 saturated heterocycles. The Balaban J connectivity index is 1.76. The Bertz CT molecular complexity index is 1580. The molecule has 12 heteroatoms. The fraction of sp³-hybridized carbons (Fsp3) is 0.0833. The van der Waals surface area contributed by atoms with Crippen LogP contribution in [0.5, 0.6) is 17.2 Å². The summed E-state index contributed by atoms with van der Waals surface area (Å²) in [6, 6.07) is 12.6. The van der Waals surface area contributed by atoms with Crippen LogP contribution in [0.3, 0.4) is 0 Å². The lowest BCUT2D eigenvalue weighted by atomic mass is 10.1. The number of hydrogen-bond acceptors (Lipinski definition) is 7. The van der Waals surface area contributed by atoms with Crippen LogP contribution in [0.4, 0.5) is 18.9 Å². The quantitative estimate of drug-likeness (QED) is 0.125. The van der Waals surface area contributed by atoms with Crippen LogP contribution < -0.4 is 14.9 Å². The van der Waals surface area contributed by atoms with E-state index >= 15 is 0 Å². The maximum absolute atomic E-state index is 13.8. The van der Waals surface area contributed by atoms with Crippen molar-refractivity contribution < 1.29 is 36.8 Å². The number of halogens is 4. The highest BCUT2D eigenvalue weighted by atomic mass is 35.5. The van der Waals surface area contributed by atoms with Gasteiger partial charge in [0.15, 0.2) is 0 Å². The van der Waals surface area contributed by atoms with Crippen LogP contribution in [0.1, 0.15) is 21.7 Å². The monoisotopic (exact) mass is 519 g/mol. The Morgan fingerprint density at radius 3 is 2.47 bits per heavy atom. The van der Waals surface area contributed by atoms with Crippen molar-refractivity contribution in [2.75, 3.05) is 0 Å². The number of nitrogens with zero attached hydrogens (tertiary/aromatic N) is 1. The van der Waals surface area contributed by atoms with Gasteiger partial charge in [0.05, 0.1) is 20.9 Å². The minimum Gasteiger partial charge on any atom is -0.448 e. The second-order valence-electron chi connectivity index (χ2n) is 7.37. The number of carbonyl (C=O) groups excluding carboxylic acids is 1. The van der Waals surface area contributed by atoms with E-state index in [9.17, 15) is 32.9 Å². The largest absolute Gasteiger partial charge is 0.453 e. The molecule has 0 bridgehead atoms. The van der Waals surface area contributed by atoms with Gasteiger partial charge in [-0.3, -0.25) is 14.9 Å². The predicted molar refractivity (Wildman–Crippen MR) is 122 cm³/mol. The molecule has 4 rings (SSSR count). The molecule has 0 aliphatic heterocycles. The van der Waals surface area contributed by atoms with Gasteiger partial charge in [0.25, 0.3) is 11.4 Å². The van der Waals surface area contributed by atoms with E-state index in [1.807, 2.05) is 0 Å². The van der Waals surface area contributed by atoms with Crippen molar-refractivity contribution in [2.24, 2.45) is 0 Å². The highest BCUT2D eigenvalue weighted by Gasteiger charge is 2.40. The Morgan fingerprint density at radius 2 is 1.81 bits per heavy atom. The molecule has 0 atom stereocenters. The van der Waals surface area contributed by atoms with Crippen molar-refractivity contribution in [3.63, 3.8) is 0 Å². The van der Waals surface area contributed by atoms with Gasteiger partial charge >= 0.3 is 12.1 Å². The number of nitro benzene ring substituents is 1. The Kier molecular flexibility index (Phi) is 6.42. The van der Waals surface area contributed by atoms with Crippen molar-refractivity contribution in [2.45, 2.75) is 13.1 Å². The molecule has 3 aromatic carbocycles. The van der Waals surface area contributed by atoms with E-state index in [0.29, 0.717) is 0 Å². The fourth-order valence-electron chi connectivity index (χ4n) is 3.34. The van der Waals surface area contributed by atoms with Gasteiger partial charge in [-0.05, 0) is 37.3 Å². The third-order valence-corrected chi connectivity index (χ3v) is 5.37. The van der Waals surface area contributed by atoms with Gasteiger partial charge in [0.1, 0.15) is 17.1 Å². The lowest BCUT2D eigenvalue weighted by Crippen LogP contribution is -2.16. The standard InChI is InChI=1S/C24H13ClF3NO7/c1-12-14(5-4-7-17(12)29(32)33)23(31)34-13-9-10-15-19(11-13)36-22(24(26,27)28)21(20(15)30)35-18-8-3-2-6-16(18)25/h2-11H,1H3. The molecule has 1 heterocycles. The molecule has 0 unspecified atom stereocenters. The second kappa shape index (κ2) is 9.34. The Labute approximate surface area is 204 Å². The first-order valence-corrected chi connectivity index (χ1v) is 10.4. The molecule has 0 aliphatic carbocycles. The van der Waals surface area contributed by atoms with Crippen molar-refractivity contribution >= 4 is 34.2 Å². The van der Waals surface area contributed by atoms with Crippen molar-refractivity contribution in [3.05, 3.63) is 103 Å². The molecule has 0 fully saturated rings. The molecule has 0 spiro atoms. The molecule has 0 amide bonds. The number of rotatable bonds is 5. The van der Waals surface area contributed by atoms with E-state index in [-0.39, 0.29) is 38.7 Å². The summed E-state index contributed by atoms with van der Waals surface area (Å²) in [6.07, 6.45) is -5.11. The molecule has 1 aromatic heterocycles. The SMILES string of the molecule is Cc1c(C(=O)Oc2ccc3c(=O)c(Oc4ccccc4Cl)c(C(F)(F)F)oc3c2)cccc1[N+](=O)[O-]. The molecule has 184 valence electrons. The van der Waals surface area contributed by atoms with Gasteiger partial charge in [-0.1, -0.05) is 29.8 Å². The number of fused-ring (bicyclic) bond motifs is 1. The summed E-state index contributed by atoms with van der Waals surface area (Å²) < 4.78 is 56.6. The molecule has 36 heavy (non-hydrogen) atoms. The maximum Gasteiger partial charge on any atom is 0.453 e. The lowest BCUT2D eigenvalue weighted by Gasteiger charge is -2.14. The van der Waals surface area contributed by atoms with Crippen LogP contribution >= 0.6 is 11.6 Å². The van der Waals surface area contributed by atoms with Crippen LogP contribution in [0.15, 0.2) is 69.9 Å². The van der Waals surface area contributed by atoms with Gasteiger partial charge in [0, 0.05) is 17.7 Å². The van der Waals surface area contributed by atoms with Crippen LogP contribution in [0, 0.1) is 17.0 Å². The average molecular weight is 520 g/mol. The number of hydrogen-bond donors (Lipinski definition) is 0. The third-order valence-electron chi connectivity index (χ3n) is 5.06. The Hall–Kier alpha value is -4.38. The summed E-state index contributed by atoms with van der Waals surface area (Å²) in [4.78, 5) is 35.9. The van der Waals surface area contributed by atoms with Crippen molar-refractivity contribution in [1.29, 1.82) is 0 Å². The van der Waals surface area contributed by atoms with Gasteiger partial charge in [-0.15, -0.1) is 0 Å². The number of alkyl halides is 3. The number of nitro groups is 1. The average Bonchev–Trinajstić information content (AvgIpc) is 2.81. The zero-order valence-corrected chi connectivity index (χ0v) is 18.8. The zero-order chi connectivity index (χ0) is 26.2. The minimum absolute atomic E-state index is 0.0242. The predicted octanol–water partition coefficient (Wildman–Crippen LogP) is 6.69. The summed E-state index contributed by atoms with van der Waals surface area (Å²) in [7, 11) is 0. The van der Waals surface area contributed by atoms with Crippen molar-refractivity contribution in [3.8, 4) is 17.2 Å². The Morgan fingerprint density at radius 1 is 1.08 bits per heavy atom. The van der Waals surface area contributed by atoms with E-state index < -0.39 is 39.6 Å². The van der Waals surface area contributed by atoms with E-state index in [1.165, 1.54) is 49.4 Å². The molecular weight excluding hydrogens is 507 g/mol. The van der Waals surface area contributed by atoms with Crippen LogP contribution in [-0.4, -0.2) is 10.9 Å². The number of para-hydroxylation sites is 1. The molecule has 0 aliphatic rings. The smallest absolute Gasteiger partial charge is 0.448 e. The number of esters is 1. The summed E-state index contributed by atoms with van der Waals surface area (Å²) in [6.45, 7) is 1.35. The number of ether oxygens (including phenoxy) is 2. The molecule has 0 N–H and O–H groups in total. The summed E-state index contributed by atoms with van der Waals surface area (Å²) in [5, 5.41) is 10.8. The highest BCUT2D eigenvalue weighted by Crippen LogP contribution is 2.40. The third kappa shape index (κ3) is 4.73. The zero-order valence-electron chi connectivity index (χ0n) is 18.1. The van der Waals surface area contributed by atoms with E-state index in [0.717, 1.165) is 18.2 Å². The topological polar surface area (TPSA) is 109 Å². The molecule has 8 nitrogen and oxygen atoms in total. The van der Waals surface area contributed by atoms with E-state index in [4.69, 9.17) is 25.5 Å². The summed E-state index contributed by atoms with van der Waals surface area (Å²) >= 11 is 5.94. The normalized spacial score (nSPS) is 11.4. The number of carbonyl (C=O) groups is 1. The lowest BCUT2D eigenvalue weighted by molar-refractivity contribution is -0.385. The van der Waals surface area contributed by atoms with Gasteiger partial charge in [-0.25, -0.2) is 4.79 Å². The van der Waals surface area contributed by atoms with Crippen molar-refractivity contribution in [1.82, 2.24) is 0 Å². The van der Waals surface area contributed by atoms with Gasteiger partial charge in [0.2, 0.25) is 11.2 Å². The van der Waals surface area contributed by atoms with Gasteiger partial charge in [-0.2, -0.15) is 13.2 Å². The highest BCUT2D eigenvalue weighted by molar-refractivity contribution is 6.32. The summed E-state index contributed by atoms with van der Waals surface area (Å²) in [5.41, 5.74) is -2.05. The fourth-order valence-corrected chi connectivity index (χ4v) is 3.52. The maximum atomic E-state index is 13.8. The summed E-state index contributed by atoms with van der Waals surface area (Å²) in [5.74, 6) is -4.26. The number of benzene rings is 3. The molecular formula is C24H13ClF3NO7. The first kappa shape index (κ1) is 24.7. The van der Waals surface area contributed by atoms with Crippen LogP contribution in [-0.2, 0) is 6.18 Å². The molecule has 4 aromatic rings. The molecule has 0 radical (unpaired) electrons. The minimum atomic E-state index is -5.11. The first-order chi connectivity index (χ1) is 17.0. The van der Waals surface area contributed by atoms with Gasteiger partial charge < -0.3 is 13.9 Å².